The molecule has 29 heavy (non-hydrogen) atoms. The Morgan fingerprint density at radius 1 is 1.17 bits per heavy atom. The number of likely N-dealkylation sites (tertiary alicyclic amines) is 1. The van der Waals surface area contributed by atoms with Gasteiger partial charge in [0.15, 0.2) is 9.84 Å². The van der Waals surface area contributed by atoms with Gasteiger partial charge in [0.25, 0.3) is 11.9 Å². The Balaban J connectivity index is 0.000000552. The monoisotopic (exact) mass is 419 g/mol. The van der Waals surface area contributed by atoms with Crippen LogP contribution in [0.5, 0.6) is 0 Å². The van der Waals surface area contributed by atoms with Crippen molar-refractivity contribution in [2.75, 3.05) is 32.9 Å². The van der Waals surface area contributed by atoms with Crippen molar-refractivity contribution < 1.29 is 23.1 Å². The molecule has 0 aliphatic carbocycles. The Bertz CT molecular complexity index is 1030. The molecule has 2 aliphatic rings. The van der Waals surface area contributed by atoms with E-state index in [4.69, 9.17) is 9.90 Å². The molecule has 2 saturated heterocycles. The number of amides is 1. The van der Waals surface area contributed by atoms with Gasteiger partial charge in [0.1, 0.15) is 0 Å². The lowest BCUT2D eigenvalue weighted by molar-refractivity contribution is -0.134. The van der Waals surface area contributed by atoms with Gasteiger partial charge in [-0.1, -0.05) is 18.2 Å². The number of carboxylic acid groups (broad SMARTS) is 1. The molecule has 0 unspecified atom stereocenters. The van der Waals surface area contributed by atoms with E-state index >= 15 is 0 Å². The van der Waals surface area contributed by atoms with Crippen molar-refractivity contribution in [3.63, 3.8) is 0 Å². The Morgan fingerprint density at radius 3 is 2.48 bits per heavy atom. The fraction of sp³-hybridized carbons (Fsp3) is 0.450. The van der Waals surface area contributed by atoms with E-state index in [2.05, 4.69) is 4.98 Å². The van der Waals surface area contributed by atoms with Crippen molar-refractivity contribution in [2.24, 2.45) is 5.92 Å². The molecule has 2 aromatic rings. The smallest absolute Gasteiger partial charge is 0.300 e. The van der Waals surface area contributed by atoms with Crippen molar-refractivity contribution in [3.8, 4) is 0 Å². The van der Waals surface area contributed by atoms with Gasteiger partial charge in [0.05, 0.1) is 22.1 Å². The average Bonchev–Trinajstić information content (AvgIpc) is 3.19. The van der Waals surface area contributed by atoms with Crippen LogP contribution in [0.2, 0.25) is 0 Å². The van der Waals surface area contributed by atoms with Crippen LogP contribution in [0.3, 0.4) is 0 Å². The summed E-state index contributed by atoms with van der Waals surface area (Å²) in [6, 6.07) is 9.26. The van der Waals surface area contributed by atoms with Gasteiger partial charge in [-0.25, -0.2) is 8.42 Å². The maximum Gasteiger partial charge on any atom is 0.300 e. The summed E-state index contributed by atoms with van der Waals surface area (Å²) >= 11 is 0. The van der Waals surface area contributed by atoms with E-state index in [9.17, 15) is 13.2 Å². The molecule has 2 fully saturated rings. The number of aliphatic carboxylic acids is 1. The van der Waals surface area contributed by atoms with Crippen molar-refractivity contribution in [2.45, 2.75) is 18.2 Å². The topological polar surface area (TPSA) is 108 Å². The number of hydrogen-bond donors (Lipinski definition) is 1. The van der Waals surface area contributed by atoms with Gasteiger partial charge in [-0.05, 0) is 26.2 Å². The highest BCUT2D eigenvalue weighted by molar-refractivity contribution is 7.92. The van der Waals surface area contributed by atoms with Crippen LogP contribution in [0.1, 0.15) is 17.3 Å². The van der Waals surface area contributed by atoms with Crippen molar-refractivity contribution in [1.29, 1.82) is 0 Å². The quantitative estimate of drug-likeness (QED) is 0.777. The zero-order chi connectivity index (χ0) is 21.3. The maximum atomic E-state index is 13.1. The summed E-state index contributed by atoms with van der Waals surface area (Å²) in [5, 5.41) is 7.87. The molecular weight excluding hydrogens is 394 g/mol. The highest BCUT2D eigenvalue weighted by Crippen LogP contribution is 2.36. The SMILES string of the molecule is CC(=O)O.CN(C)[C@@H]1CS(=O)(=O)[C@H]2CN(C(=O)c3cccc4cccnc34)C[C@@H]12. The first-order chi connectivity index (χ1) is 13.6. The minimum Gasteiger partial charge on any atom is -0.481 e. The number of hydrogen-bond acceptors (Lipinski definition) is 6. The van der Waals surface area contributed by atoms with Crippen molar-refractivity contribution in [3.05, 3.63) is 42.1 Å². The number of pyridine rings is 1. The number of carboxylic acids is 1. The molecule has 156 valence electrons. The normalized spacial score (nSPS) is 24.8. The molecule has 1 amide bonds. The third-order valence-electron chi connectivity index (χ3n) is 5.48. The van der Waals surface area contributed by atoms with E-state index in [1.807, 2.05) is 43.3 Å². The number of rotatable bonds is 2. The van der Waals surface area contributed by atoms with Crippen LogP contribution >= 0.6 is 0 Å². The second-order valence-electron chi connectivity index (χ2n) is 7.67. The summed E-state index contributed by atoms with van der Waals surface area (Å²) in [6.45, 7) is 1.84. The fourth-order valence-electron chi connectivity index (χ4n) is 4.18. The average molecular weight is 420 g/mol. The molecule has 3 heterocycles. The van der Waals surface area contributed by atoms with Crippen LogP contribution in [-0.4, -0.2) is 84.4 Å². The van der Waals surface area contributed by atoms with Crippen LogP contribution in [0, 0.1) is 5.92 Å². The molecule has 0 saturated carbocycles. The lowest BCUT2D eigenvalue weighted by Gasteiger charge is -2.25. The largest absolute Gasteiger partial charge is 0.481 e. The Morgan fingerprint density at radius 2 is 1.83 bits per heavy atom. The molecule has 2 aliphatic heterocycles. The molecule has 3 atom stereocenters. The Labute approximate surface area is 170 Å². The summed E-state index contributed by atoms with van der Waals surface area (Å²) < 4.78 is 25.0. The predicted molar refractivity (Wildman–Crippen MR) is 109 cm³/mol. The molecule has 0 radical (unpaired) electrons. The van der Waals surface area contributed by atoms with Crippen LogP contribution in [-0.2, 0) is 14.6 Å². The summed E-state index contributed by atoms with van der Waals surface area (Å²) in [5.74, 6) is -0.800. The number of nitrogens with zero attached hydrogens (tertiary/aromatic N) is 3. The number of benzene rings is 1. The predicted octanol–water partition coefficient (Wildman–Crippen LogP) is 1.12. The summed E-state index contributed by atoms with van der Waals surface area (Å²) in [4.78, 5) is 30.1. The molecule has 4 rings (SSSR count). The number of fused-ring (bicyclic) bond motifs is 2. The molecule has 8 nitrogen and oxygen atoms in total. The first-order valence-electron chi connectivity index (χ1n) is 9.32. The maximum absolute atomic E-state index is 13.1. The summed E-state index contributed by atoms with van der Waals surface area (Å²) in [6.07, 6.45) is 1.67. The van der Waals surface area contributed by atoms with Gasteiger partial charge in [-0.3, -0.25) is 14.6 Å². The third-order valence-corrected chi connectivity index (χ3v) is 7.71. The lowest BCUT2D eigenvalue weighted by Crippen LogP contribution is -2.38. The molecule has 1 aromatic heterocycles. The van der Waals surface area contributed by atoms with Gasteiger partial charge >= 0.3 is 0 Å². The zero-order valence-electron chi connectivity index (χ0n) is 16.6. The first kappa shape index (κ1) is 21.2. The van der Waals surface area contributed by atoms with E-state index in [-0.39, 0.29) is 30.2 Å². The molecule has 0 spiro atoms. The van der Waals surface area contributed by atoms with E-state index in [0.717, 1.165) is 12.3 Å². The van der Waals surface area contributed by atoms with E-state index in [1.165, 1.54) is 0 Å². The van der Waals surface area contributed by atoms with Crippen molar-refractivity contribution in [1.82, 2.24) is 14.8 Å². The van der Waals surface area contributed by atoms with Crippen molar-refractivity contribution >= 4 is 32.6 Å². The Kier molecular flexibility index (Phi) is 5.90. The fourth-order valence-corrected chi connectivity index (χ4v) is 6.65. The molecular formula is C20H25N3O5S. The summed E-state index contributed by atoms with van der Waals surface area (Å²) in [7, 11) is 0.649. The zero-order valence-corrected chi connectivity index (χ0v) is 17.5. The van der Waals surface area contributed by atoms with Crippen LogP contribution < -0.4 is 0 Å². The van der Waals surface area contributed by atoms with Crippen LogP contribution in [0.25, 0.3) is 10.9 Å². The van der Waals surface area contributed by atoms with Gasteiger partial charge < -0.3 is 14.9 Å². The number of aromatic nitrogens is 1. The molecule has 1 aromatic carbocycles. The van der Waals surface area contributed by atoms with Crippen LogP contribution in [0.4, 0.5) is 0 Å². The van der Waals surface area contributed by atoms with Gasteiger partial charge in [-0.2, -0.15) is 0 Å². The second kappa shape index (κ2) is 8.08. The molecule has 0 bridgehead atoms. The lowest BCUT2D eigenvalue weighted by atomic mass is 10.00. The molecule has 9 heteroatoms. The minimum absolute atomic E-state index is 0.0214. The third kappa shape index (κ3) is 4.25. The number of carbonyl (C=O) groups excluding carboxylic acids is 1. The number of para-hydroxylation sites is 1. The van der Waals surface area contributed by atoms with Gasteiger partial charge in [-0.15, -0.1) is 0 Å². The highest BCUT2D eigenvalue weighted by atomic mass is 32.2. The molecule has 1 N–H and O–H groups in total. The summed E-state index contributed by atoms with van der Waals surface area (Å²) in [5.41, 5.74) is 1.20. The van der Waals surface area contributed by atoms with Crippen LogP contribution in [0.15, 0.2) is 36.5 Å². The standard InChI is InChI=1S/C18H21N3O3S.C2H4O2/c1-20(2)15-11-25(23,24)16-10-21(9-14(15)16)18(22)13-7-3-5-12-6-4-8-19-17(12)13;1-2(3)4/h3-8,14-16H,9-11H2,1-2H3;1H3,(H,3,4)/t14-,15+,16-;/m0./s1. The minimum atomic E-state index is -3.16. The van der Waals surface area contributed by atoms with Gasteiger partial charge in [0.2, 0.25) is 0 Å². The second-order valence-corrected chi connectivity index (χ2v) is 9.94. The van der Waals surface area contributed by atoms with E-state index in [0.29, 0.717) is 17.6 Å². The number of carbonyl (C=O) groups is 2. The van der Waals surface area contributed by atoms with Gasteiger partial charge in [0, 0.05) is 43.6 Å². The van der Waals surface area contributed by atoms with E-state index in [1.54, 1.807) is 17.2 Å². The first-order valence-corrected chi connectivity index (χ1v) is 11.0. The highest BCUT2D eigenvalue weighted by Gasteiger charge is 2.53. The van der Waals surface area contributed by atoms with E-state index < -0.39 is 21.1 Å². The number of sulfone groups is 1. The Hall–Kier alpha value is -2.52.